The first kappa shape index (κ1) is 15.0. The van der Waals surface area contributed by atoms with Gasteiger partial charge in [-0.1, -0.05) is 23.7 Å². The summed E-state index contributed by atoms with van der Waals surface area (Å²) < 4.78 is 5.12. The van der Waals surface area contributed by atoms with E-state index < -0.39 is 10.8 Å². The van der Waals surface area contributed by atoms with Crippen molar-refractivity contribution in [1.29, 1.82) is 0 Å². The van der Waals surface area contributed by atoms with Gasteiger partial charge in [-0.2, -0.15) is 0 Å². The lowest BCUT2D eigenvalue weighted by Crippen LogP contribution is -2.14. The Morgan fingerprint density at radius 2 is 2.09 bits per heavy atom. The predicted octanol–water partition coefficient (Wildman–Crippen LogP) is 3.33. The highest BCUT2D eigenvalue weighted by Gasteiger charge is 2.28. The summed E-state index contributed by atoms with van der Waals surface area (Å²) in [5, 5.41) is 13.9. The molecule has 0 unspecified atom stereocenters. The summed E-state index contributed by atoms with van der Waals surface area (Å²) in [5.74, 6) is -0.191. The summed E-state index contributed by atoms with van der Waals surface area (Å²) in [5.41, 5.74) is 1.44. The average molecular weight is 332 g/mol. The fourth-order valence-electron chi connectivity index (χ4n) is 2.25. The minimum absolute atomic E-state index is 0.120. The van der Waals surface area contributed by atoms with Gasteiger partial charge in [-0.15, -0.1) is 0 Å². The van der Waals surface area contributed by atoms with Crippen LogP contribution in [0.1, 0.15) is 5.56 Å². The molecule has 2 aromatic carbocycles. The molecule has 1 N–H and O–H groups in total. The van der Waals surface area contributed by atoms with E-state index in [9.17, 15) is 14.9 Å². The number of rotatable bonds is 3. The van der Waals surface area contributed by atoms with E-state index >= 15 is 0 Å². The molecule has 1 heterocycles. The molecular weight excluding hydrogens is 322 g/mol. The van der Waals surface area contributed by atoms with Crippen LogP contribution in [0.5, 0.6) is 5.75 Å². The molecule has 8 heteroatoms. The molecule has 116 valence electrons. The smallest absolute Gasteiger partial charge is 0.275 e. The lowest BCUT2D eigenvalue weighted by atomic mass is 10.1. The van der Waals surface area contributed by atoms with Crippen molar-refractivity contribution < 1.29 is 14.5 Å². The van der Waals surface area contributed by atoms with Gasteiger partial charge in [0.05, 0.1) is 28.8 Å². The number of ether oxygens (including phenoxy) is 1. The molecule has 2 aromatic rings. The van der Waals surface area contributed by atoms with Gasteiger partial charge in [-0.05, 0) is 12.1 Å². The Hall–Kier alpha value is -2.93. The molecule has 0 saturated heterocycles. The van der Waals surface area contributed by atoms with Crippen molar-refractivity contribution >= 4 is 40.3 Å². The van der Waals surface area contributed by atoms with E-state index in [4.69, 9.17) is 16.3 Å². The number of carbonyl (C=O) groups is 1. The van der Waals surface area contributed by atoms with Gasteiger partial charge < -0.3 is 10.1 Å². The number of benzene rings is 2. The summed E-state index contributed by atoms with van der Waals surface area (Å²) in [4.78, 5) is 26.7. The maximum atomic E-state index is 12.1. The highest BCUT2D eigenvalue weighted by molar-refractivity contribution is 6.55. The number of hydrogen-bond acceptors (Lipinski definition) is 5. The monoisotopic (exact) mass is 331 g/mol. The quantitative estimate of drug-likeness (QED) is 0.689. The van der Waals surface area contributed by atoms with Crippen LogP contribution in [-0.2, 0) is 4.79 Å². The van der Waals surface area contributed by atoms with Gasteiger partial charge in [-0.3, -0.25) is 14.9 Å². The number of carbonyl (C=O) groups excluding carboxylic acids is 1. The molecule has 0 aromatic heterocycles. The Kier molecular flexibility index (Phi) is 3.71. The Balaban J connectivity index is 2.11. The van der Waals surface area contributed by atoms with Crippen molar-refractivity contribution in [3.63, 3.8) is 0 Å². The van der Waals surface area contributed by atoms with E-state index in [1.165, 1.54) is 25.3 Å². The Morgan fingerprint density at radius 3 is 2.78 bits per heavy atom. The fourth-order valence-corrected chi connectivity index (χ4v) is 2.47. The number of para-hydroxylation sites is 1. The van der Waals surface area contributed by atoms with Gasteiger partial charge in [-0.25, -0.2) is 4.99 Å². The number of amides is 1. The number of non-ortho nitro benzene ring substituents is 1. The number of nitrogens with one attached hydrogen (secondary N) is 1. The second kappa shape index (κ2) is 5.69. The number of aliphatic imine (C=N–C) groups is 1. The van der Waals surface area contributed by atoms with Crippen LogP contribution < -0.4 is 10.1 Å². The first-order valence-corrected chi connectivity index (χ1v) is 6.90. The highest BCUT2D eigenvalue weighted by Crippen LogP contribution is 2.35. The normalized spacial score (nSPS) is 14.5. The van der Waals surface area contributed by atoms with E-state index in [1.54, 1.807) is 18.2 Å². The zero-order chi connectivity index (χ0) is 16.6. The number of halogens is 1. The lowest BCUT2D eigenvalue weighted by Gasteiger charge is -2.05. The summed E-state index contributed by atoms with van der Waals surface area (Å²) in [6.07, 6.45) is 0. The van der Waals surface area contributed by atoms with Crippen LogP contribution in [0.15, 0.2) is 41.4 Å². The van der Waals surface area contributed by atoms with Gasteiger partial charge >= 0.3 is 0 Å². The van der Waals surface area contributed by atoms with Crippen LogP contribution in [0.4, 0.5) is 17.1 Å². The van der Waals surface area contributed by atoms with E-state index in [0.717, 1.165) is 0 Å². The molecule has 1 aliphatic rings. The number of methoxy groups -OCH3 is 1. The Morgan fingerprint density at radius 1 is 1.30 bits per heavy atom. The van der Waals surface area contributed by atoms with Crippen molar-refractivity contribution in [2.75, 3.05) is 12.4 Å². The Labute approximate surface area is 135 Å². The van der Waals surface area contributed by atoms with Crippen molar-refractivity contribution in [1.82, 2.24) is 0 Å². The summed E-state index contributed by atoms with van der Waals surface area (Å²) >= 11 is 6.05. The number of hydrogen-bond donors (Lipinski definition) is 1. The van der Waals surface area contributed by atoms with E-state index in [-0.39, 0.29) is 17.1 Å². The van der Waals surface area contributed by atoms with Gasteiger partial charge in [0.1, 0.15) is 11.4 Å². The third kappa shape index (κ3) is 2.62. The number of nitro benzene ring substituents is 1. The van der Waals surface area contributed by atoms with Crippen LogP contribution in [0.25, 0.3) is 0 Å². The minimum Gasteiger partial charge on any atom is -0.494 e. The molecule has 1 amide bonds. The SMILES string of the molecule is COc1cc([N+](=O)[O-])ccc1N=C1C(=O)Nc2c(Cl)cccc21. The third-order valence-corrected chi connectivity index (χ3v) is 3.64. The topological polar surface area (TPSA) is 93.8 Å². The molecule has 0 fully saturated rings. The molecule has 0 radical (unpaired) electrons. The lowest BCUT2D eigenvalue weighted by molar-refractivity contribution is -0.384. The molecule has 3 rings (SSSR count). The second-order valence-corrected chi connectivity index (χ2v) is 5.10. The minimum atomic E-state index is -0.531. The van der Waals surface area contributed by atoms with Crippen LogP contribution >= 0.6 is 11.6 Å². The van der Waals surface area contributed by atoms with Crippen molar-refractivity contribution in [3.05, 3.63) is 57.1 Å². The molecular formula is C15H10ClN3O4. The van der Waals surface area contributed by atoms with Crippen LogP contribution in [-0.4, -0.2) is 23.7 Å². The van der Waals surface area contributed by atoms with E-state index in [0.29, 0.717) is 22.0 Å². The average Bonchev–Trinajstić information content (AvgIpc) is 2.85. The summed E-state index contributed by atoms with van der Waals surface area (Å²) in [6, 6.07) is 9.08. The maximum absolute atomic E-state index is 12.1. The number of fused-ring (bicyclic) bond motifs is 1. The molecule has 7 nitrogen and oxygen atoms in total. The van der Waals surface area contributed by atoms with Gasteiger partial charge in [0.25, 0.3) is 11.6 Å². The zero-order valence-corrected chi connectivity index (χ0v) is 12.6. The molecule has 0 saturated carbocycles. The first-order chi connectivity index (χ1) is 11.0. The van der Waals surface area contributed by atoms with Crippen LogP contribution in [0, 0.1) is 10.1 Å². The van der Waals surface area contributed by atoms with Crippen LogP contribution in [0.2, 0.25) is 5.02 Å². The second-order valence-electron chi connectivity index (χ2n) is 4.69. The number of nitro groups is 1. The van der Waals surface area contributed by atoms with Crippen molar-refractivity contribution in [2.45, 2.75) is 0 Å². The van der Waals surface area contributed by atoms with Gasteiger partial charge in [0.2, 0.25) is 0 Å². The summed E-state index contributed by atoms with van der Waals surface area (Å²) in [7, 11) is 1.38. The third-order valence-electron chi connectivity index (χ3n) is 3.33. The van der Waals surface area contributed by atoms with E-state index in [2.05, 4.69) is 10.3 Å². The first-order valence-electron chi connectivity index (χ1n) is 6.52. The molecule has 0 aliphatic carbocycles. The predicted molar refractivity (Wildman–Crippen MR) is 85.9 cm³/mol. The fraction of sp³-hybridized carbons (Fsp3) is 0.0667. The largest absolute Gasteiger partial charge is 0.494 e. The standard InChI is InChI=1S/C15H10ClN3O4/c1-23-12-7-8(19(21)22)5-6-11(12)17-14-9-3-2-4-10(16)13(9)18-15(14)20/h2-7H,1H3,(H,17,18,20). The molecule has 0 atom stereocenters. The van der Waals surface area contributed by atoms with E-state index in [1.807, 2.05) is 0 Å². The van der Waals surface area contributed by atoms with Crippen molar-refractivity contribution in [3.8, 4) is 5.75 Å². The summed E-state index contributed by atoms with van der Waals surface area (Å²) in [6.45, 7) is 0. The highest BCUT2D eigenvalue weighted by atomic mass is 35.5. The molecule has 0 spiro atoms. The molecule has 23 heavy (non-hydrogen) atoms. The molecule has 1 aliphatic heterocycles. The van der Waals surface area contributed by atoms with Gasteiger partial charge in [0.15, 0.2) is 5.75 Å². The van der Waals surface area contributed by atoms with Crippen molar-refractivity contribution in [2.24, 2.45) is 4.99 Å². The zero-order valence-electron chi connectivity index (χ0n) is 11.9. The Bertz CT molecular complexity index is 864. The maximum Gasteiger partial charge on any atom is 0.275 e. The number of anilines is 1. The molecule has 0 bridgehead atoms. The number of nitrogens with zero attached hydrogens (tertiary/aromatic N) is 2. The van der Waals surface area contributed by atoms with Gasteiger partial charge in [0, 0.05) is 11.6 Å². The van der Waals surface area contributed by atoms with Crippen LogP contribution in [0.3, 0.4) is 0 Å².